The van der Waals surface area contributed by atoms with Crippen molar-refractivity contribution >= 4 is 10.8 Å². The van der Waals surface area contributed by atoms with E-state index >= 15 is 0 Å². The third-order valence-corrected chi connectivity index (χ3v) is 2.98. The van der Waals surface area contributed by atoms with Gasteiger partial charge in [0.05, 0.1) is 0 Å². The third kappa shape index (κ3) is 1.93. The summed E-state index contributed by atoms with van der Waals surface area (Å²) in [5.41, 5.74) is 1.82. The van der Waals surface area contributed by atoms with Crippen LogP contribution in [0.25, 0.3) is 21.9 Å². The second-order valence-corrected chi connectivity index (χ2v) is 4.26. The summed E-state index contributed by atoms with van der Waals surface area (Å²) in [5, 5.41) is 11.4. The predicted molar refractivity (Wildman–Crippen MR) is 71.0 cm³/mol. The average Bonchev–Trinajstić information content (AvgIpc) is 2.38. The summed E-state index contributed by atoms with van der Waals surface area (Å²) in [7, 11) is 0. The van der Waals surface area contributed by atoms with Crippen molar-refractivity contribution in [2.75, 3.05) is 0 Å². The van der Waals surface area contributed by atoms with E-state index in [0.29, 0.717) is 0 Å². The molecule has 0 bridgehead atoms. The van der Waals surface area contributed by atoms with Crippen molar-refractivity contribution in [2.45, 2.75) is 0 Å². The molecule has 1 nitrogen and oxygen atoms in total. The molecule has 0 saturated carbocycles. The van der Waals surface area contributed by atoms with Crippen LogP contribution in [0.3, 0.4) is 0 Å². The van der Waals surface area contributed by atoms with E-state index in [0.717, 1.165) is 21.9 Å². The minimum atomic E-state index is -0.238. The van der Waals surface area contributed by atoms with Crippen molar-refractivity contribution in [3.8, 4) is 16.9 Å². The Morgan fingerprint density at radius 1 is 0.722 bits per heavy atom. The van der Waals surface area contributed by atoms with E-state index in [4.69, 9.17) is 0 Å². The van der Waals surface area contributed by atoms with Crippen molar-refractivity contribution < 1.29 is 9.50 Å². The Morgan fingerprint density at radius 2 is 1.44 bits per heavy atom. The van der Waals surface area contributed by atoms with E-state index in [1.54, 1.807) is 18.2 Å². The number of fused-ring (bicyclic) bond motifs is 1. The summed E-state index contributed by atoms with van der Waals surface area (Å²) >= 11 is 0. The Bertz CT molecular complexity index is 719. The fourth-order valence-corrected chi connectivity index (χ4v) is 2.08. The van der Waals surface area contributed by atoms with Crippen LogP contribution in [-0.4, -0.2) is 5.11 Å². The minimum absolute atomic E-state index is 0.238. The largest absolute Gasteiger partial charge is 0.508 e. The maximum atomic E-state index is 13.2. The summed E-state index contributed by atoms with van der Waals surface area (Å²) in [4.78, 5) is 0. The predicted octanol–water partition coefficient (Wildman–Crippen LogP) is 4.35. The first-order valence-electron chi connectivity index (χ1n) is 5.71. The van der Waals surface area contributed by atoms with Gasteiger partial charge in [0.15, 0.2) is 0 Å². The van der Waals surface area contributed by atoms with Gasteiger partial charge in [-0.05, 0) is 52.2 Å². The van der Waals surface area contributed by atoms with Crippen molar-refractivity contribution in [3.63, 3.8) is 0 Å². The number of phenolic OH excluding ortho intramolecular Hbond substituents is 1. The topological polar surface area (TPSA) is 20.2 Å². The zero-order valence-electron chi connectivity index (χ0n) is 9.60. The van der Waals surface area contributed by atoms with Crippen molar-refractivity contribution in [3.05, 3.63) is 66.5 Å². The molecular weight excluding hydrogens is 227 g/mol. The molecule has 0 aromatic heterocycles. The van der Waals surface area contributed by atoms with Crippen molar-refractivity contribution in [1.29, 1.82) is 0 Å². The summed E-state index contributed by atoms with van der Waals surface area (Å²) in [5.74, 6) is 0.0132. The first-order chi connectivity index (χ1) is 8.72. The van der Waals surface area contributed by atoms with Gasteiger partial charge in [-0.1, -0.05) is 30.3 Å². The highest BCUT2D eigenvalue weighted by molar-refractivity contribution is 5.88. The van der Waals surface area contributed by atoms with Gasteiger partial charge in [0.25, 0.3) is 0 Å². The zero-order chi connectivity index (χ0) is 12.5. The lowest BCUT2D eigenvalue weighted by Crippen LogP contribution is -1.81. The van der Waals surface area contributed by atoms with Gasteiger partial charge >= 0.3 is 0 Å². The molecule has 0 amide bonds. The number of aromatic hydroxyl groups is 1. The molecule has 0 spiro atoms. The Hall–Kier alpha value is -2.35. The molecule has 0 atom stereocenters. The van der Waals surface area contributed by atoms with Gasteiger partial charge < -0.3 is 5.11 Å². The second kappa shape index (κ2) is 4.15. The highest BCUT2D eigenvalue weighted by Crippen LogP contribution is 2.26. The van der Waals surface area contributed by atoms with Crippen molar-refractivity contribution in [1.82, 2.24) is 0 Å². The Labute approximate surface area is 104 Å². The maximum Gasteiger partial charge on any atom is 0.123 e. The summed E-state index contributed by atoms with van der Waals surface area (Å²) < 4.78 is 13.2. The van der Waals surface area contributed by atoms with Crippen LogP contribution in [0.4, 0.5) is 4.39 Å². The van der Waals surface area contributed by atoms with Gasteiger partial charge in [-0.2, -0.15) is 0 Å². The van der Waals surface area contributed by atoms with E-state index in [-0.39, 0.29) is 11.6 Å². The van der Waals surface area contributed by atoms with E-state index < -0.39 is 0 Å². The average molecular weight is 238 g/mol. The molecule has 3 aromatic carbocycles. The van der Waals surface area contributed by atoms with Crippen LogP contribution in [0.2, 0.25) is 0 Å². The van der Waals surface area contributed by atoms with Crippen LogP contribution in [0.1, 0.15) is 0 Å². The van der Waals surface area contributed by atoms with E-state index in [1.807, 2.05) is 30.3 Å². The number of rotatable bonds is 1. The molecule has 0 aliphatic heterocycles. The first kappa shape index (κ1) is 10.8. The quantitative estimate of drug-likeness (QED) is 0.668. The van der Waals surface area contributed by atoms with Crippen LogP contribution < -0.4 is 0 Å². The molecule has 0 fully saturated rings. The first-order valence-corrected chi connectivity index (χ1v) is 5.71. The normalized spacial score (nSPS) is 10.7. The number of hydrogen-bond donors (Lipinski definition) is 1. The van der Waals surface area contributed by atoms with Gasteiger partial charge in [-0.25, -0.2) is 4.39 Å². The molecule has 0 aliphatic rings. The molecule has 88 valence electrons. The molecular formula is C16H11FO. The van der Waals surface area contributed by atoms with Gasteiger partial charge in [0.1, 0.15) is 11.6 Å². The van der Waals surface area contributed by atoms with E-state index in [1.165, 1.54) is 12.1 Å². The summed E-state index contributed by atoms with van der Waals surface area (Å²) in [6.45, 7) is 0. The molecule has 0 aliphatic carbocycles. The molecule has 0 unspecified atom stereocenters. The fraction of sp³-hybridized carbons (Fsp3) is 0. The van der Waals surface area contributed by atoms with Gasteiger partial charge in [-0.15, -0.1) is 0 Å². The monoisotopic (exact) mass is 238 g/mol. The van der Waals surface area contributed by atoms with Gasteiger partial charge in [0.2, 0.25) is 0 Å². The molecule has 0 heterocycles. The lowest BCUT2D eigenvalue weighted by molar-refractivity contribution is 0.476. The van der Waals surface area contributed by atoms with Crippen LogP contribution in [-0.2, 0) is 0 Å². The second-order valence-electron chi connectivity index (χ2n) is 4.26. The molecule has 3 rings (SSSR count). The lowest BCUT2D eigenvalue weighted by Gasteiger charge is -2.05. The molecule has 2 heteroatoms. The Kier molecular flexibility index (Phi) is 2.49. The molecule has 0 radical (unpaired) electrons. The molecule has 18 heavy (non-hydrogen) atoms. The zero-order valence-corrected chi connectivity index (χ0v) is 9.60. The maximum absolute atomic E-state index is 13.2. The van der Waals surface area contributed by atoms with Gasteiger partial charge in [-0.3, -0.25) is 0 Å². The minimum Gasteiger partial charge on any atom is -0.508 e. The molecule has 0 saturated heterocycles. The Morgan fingerprint density at radius 3 is 2.28 bits per heavy atom. The smallest absolute Gasteiger partial charge is 0.123 e. The van der Waals surface area contributed by atoms with Crippen LogP contribution in [0, 0.1) is 5.82 Å². The Balaban J connectivity index is 2.16. The summed E-state index contributed by atoms with van der Waals surface area (Å²) in [6, 6.07) is 17.6. The van der Waals surface area contributed by atoms with E-state index in [2.05, 4.69) is 0 Å². The number of halogens is 1. The van der Waals surface area contributed by atoms with Crippen LogP contribution in [0.5, 0.6) is 5.75 Å². The van der Waals surface area contributed by atoms with Gasteiger partial charge in [0, 0.05) is 0 Å². The standard InChI is InChI=1S/C16H11FO/c17-15-3-1-2-11(9-15)12-4-5-14-10-16(18)7-6-13(14)8-12/h1-10,18H. The molecule has 1 N–H and O–H groups in total. The number of phenols is 1. The number of benzene rings is 3. The third-order valence-electron chi connectivity index (χ3n) is 2.98. The van der Waals surface area contributed by atoms with E-state index in [9.17, 15) is 9.50 Å². The highest BCUT2D eigenvalue weighted by Gasteiger charge is 2.01. The fourth-order valence-electron chi connectivity index (χ4n) is 2.08. The van der Waals surface area contributed by atoms with Crippen LogP contribution >= 0.6 is 0 Å². The highest BCUT2D eigenvalue weighted by atomic mass is 19.1. The summed E-state index contributed by atoms with van der Waals surface area (Å²) in [6.07, 6.45) is 0. The van der Waals surface area contributed by atoms with Crippen LogP contribution in [0.15, 0.2) is 60.7 Å². The van der Waals surface area contributed by atoms with Crippen molar-refractivity contribution in [2.24, 2.45) is 0 Å². The lowest BCUT2D eigenvalue weighted by atomic mass is 10.0. The molecule has 3 aromatic rings. The SMILES string of the molecule is Oc1ccc2cc(-c3cccc(F)c3)ccc2c1. The number of hydrogen-bond acceptors (Lipinski definition) is 1.